The quantitative estimate of drug-likeness (QED) is 0.824. The van der Waals surface area contributed by atoms with Crippen LogP contribution in [0.1, 0.15) is 19.4 Å². The minimum Gasteiger partial charge on any atom is -0.481 e. The Morgan fingerprint density at radius 3 is 2.50 bits per heavy atom. The van der Waals surface area contributed by atoms with Gasteiger partial charge >= 0.3 is 5.97 Å². The molecule has 5 nitrogen and oxygen atoms in total. The highest BCUT2D eigenvalue weighted by atomic mass is 32.2. The van der Waals surface area contributed by atoms with Gasteiger partial charge in [0.1, 0.15) is 11.4 Å². The summed E-state index contributed by atoms with van der Waals surface area (Å²) >= 11 is 1.72. The summed E-state index contributed by atoms with van der Waals surface area (Å²) in [6.45, 7) is 4.11. The first kappa shape index (κ1) is 17.3. The van der Waals surface area contributed by atoms with Crippen LogP contribution in [-0.4, -0.2) is 63.1 Å². The zero-order valence-corrected chi connectivity index (χ0v) is 15.3. The van der Waals surface area contributed by atoms with Crippen molar-refractivity contribution in [2.75, 3.05) is 14.1 Å². The van der Waals surface area contributed by atoms with Gasteiger partial charge in [-0.3, -0.25) is 14.5 Å². The predicted molar refractivity (Wildman–Crippen MR) is 94.8 cm³/mol. The van der Waals surface area contributed by atoms with Crippen molar-refractivity contribution in [1.82, 2.24) is 9.80 Å². The zero-order valence-electron chi connectivity index (χ0n) is 14.5. The van der Waals surface area contributed by atoms with Crippen LogP contribution in [-0.2, 0) is 16.0 Å². The highest BCUT2D eigenvalue weighted by Gasteiger charge is 2.64. The van der Waals surface area contributed by atoms with E-state index < -0.39 is 11.9 Å². The molecule has 1 amide bonds. The van der Waals surface area contributed by atoms with E-state index in [1.54, 1.807) is 11.8 Å². The molecule has 1 aromatic carbocycles. The summed E-state index contributed by atoms with van der Waals surface area (Å²) in [7, 11) is 3.80. The van der Waals surface area contributed by atoms with Gasteiger partial charge in [0.15, 0.2) is 0 Å². The van der Waals surface area contributed by atoms with Crippen molar-refractivity contribution in [2.45, 2.75) is 42.5 Å². The molecule has 2 aliphatic heterocycles. The number of thioether (sulfide) groups is 1. The average molecular weight is 348 g/mol. The van der Waals surface area contributed by atoms with Crippen LogP contribution in [0, 0.1) is 5.92 Å². The van der Waals surface area contributed by atoms with E-state index in [0.29, 0.717) is 6.42 Å². The summed E-state index contributed by atoms with van der Waals surface area (Å²) in [4.78, 5) is 28.4. The van der Waals surface area contributed by atoms with Gasteiger partial charge in [0, 0.05) is 4.75 Å². The Hall–Kier alpha value is -1.53. The van der Waals surface area contributed by atoms with Crippen LogP contribution >= 0.6 is 11.8 Å². The molecular weight excluding hydrogens is 324 g/mol. The third kappa shape index (κ3) is 2.71. The monoisotopic (exact) mass is 348 g/mol. The lowest BCUT2D eigenvalue weighted by atomic mass is 9.82. The van der Waals surface area contributed by atoms with Crippen molar-refractivity contribution < 1.29 is 14.7 Å². The lowest BCUT2D eigenvalue weighted by molar-refractivity contribution is -0.160. The van der Waals surface area contributed by atoms with Crippen molar-refractivity contribution in [1.29, 1.82) is 0 Å². The normalized spacial score (nSPS) is 29.3. The molecule has 0 aromatic heterocycles. The molecule has 0 radical (unpaired) electrons. The molecule has 1 unspecified atom stereocenters. The maximum Gasteiger partial charge on any atom is 0.308 e. The second-order valence-electron chi connectivity index (χ2n) is 7.35. The Kier molecular flexibility index (Phi) is 4.38. The second kappa shape index (κ2) is 6.08. The fraction of sp³-hybridized carbons (Fsp3) is 0.556. The maximum atomic E-state index is 12.6. The Balaban J connectivity index is 1.90. The molecule has 4 atom stereocenters. The summed E-state index contributed by atoms with van der Waals surface area (Å²) in [5, 5.41) is 9.91. The largest absolute Gasteiger partial charge is 0.481 e. The van der Waals surface area contributed by atoms with Gasteiger partial charge in [0.25, 0.3) is 0 Å². The van der Waals surface area contributed by atoms with Crippen LogP contribution in [0.2, 0.25) is 0 Å². The van der Waals surface area contributed by atoms with E-state index in [2.05, 4.69) is 13.8 Å². The Bertz CT molecular complexity index is 647. The van der Waals surface area contributed by atoms with Crippen LogP contribution in [0.25, 0.3) is 0 Å². The number of carbonyl (C=O) groups is 2. The number of rotatable bonds is 5. The maximum absolute atomic E-state index is 12.6. The number of hydrogen-bond acceptors (Lipinski definition) is 4. The molecule has 0 bridgehead atoms. The number of carbonyl (C=O) groups excluding carboxylic acids is 1. The molecule has 0 aliphatic carbocycles. The molecule has 0 saturated carbocycles. The Morgan fingerprint density at radius 1 is 1.33 bits per heavy atom. The number of hydrogen-bond donors (Lipinski definition) is 1. The molecule has 1 aromatic rings. The number of aliphatic carboxylic acids is 1. The molecule has 2 aliphatic rings. The van der Waals surface area contributed by atoms with Gasteiger partial charge in [-0.2, -0.15) is 0 Å². The van der Waals surface area contributed by atoms with Crippen molar-refractivity contribution in [3.63, 3.8) is 0 Å². The van der Waals surface area contributed by atoms with E-state index in [9.17, 15) is 14.7 Å². The number of benzene rings is 1. The van der Waals surface area contributed by atoms with Gasteiger partial charge < -0.3 is 10.0 Å². The topological polar surface area (TPSA) is 60.9 Å². The first-order chi connectivity index (χ1) is 11.2. The fourth-order valence-electron chi connectivity index (χ4n) is 3.96. The Labute approximate surface area is 147 Å². The molecular formula is C18H24N2O3S. The van der Waals surface area contributed by atoms with E-state index in [1.165, 1.54) is 0 Å². The molecule has 0 spiro atoms. The first-order valence-electron chi connectivity index (χ1n) is 8.17. The number of fused-ring (bicyclic) bond motifs is 1. The minimum atomic E-state index is -0.834. The Morgan fingerprint density at radius 2 is 1.96 bits per heavy atom. The van der Waals surface area contributed by atoms with E-state index in [-0.39, 0.29) is 28.1 Å². The van der Waals surface area contributed by atoms with Gasteiger partial charge in [-0.1, -0.05) is 30.3 Å². The van der Waals surface area contributed by atoms with E-state index in [1.807, 2.05) is 54.2 Å². The van der Waals surface area contributed by atoms with Crippen LogP contribution in [0.3, 0.4) is 0 Å². The molecule has 3 rings (SSSR count). The van der Waals surface area contributed by atoms with Crippen molar-refractivity contribution in [3.05, 3.63) is 35.9 Å². The molecule has 24 heavy (non-hydrogen) atoms. The highest BCUT2D eigenvalue weighted by molar-refractivity contribution is 8.01. The SMILES string of the molecule is CN(C)[C@@H]1C(=O)N2[C@@H]1SC(C)(C)[C@@H]2C(Cc1ccccc1)C(=O)O. The molecule has 1 N–H and O–H groups in total. The standard InChI is InChI=1S/C18H24N2O3S/c1-18(2)14(20-15(21)13(19(3)4)16(20)24-18)12(17(22)23)10-11-8-6-5-7-9-11/h5-9,12-14,16H,10H2,1-4H3,(H,22,23)/t12?,13-,14+,16-/m1/s1. The van der Waals surface area contributed by atoms with Crippen LogP contribution in [0.5, 0.6) is 0 Å². The molecule has 6 heteroatoms. The lowest BCUT2D eigenvalue weighted by Crippen LogP contribution is -2.69. The number of likely N-dealkylation sites (N-methyl/N-ethyl adjacent to an activating group) is 1. The highest BCUT2D eigenvalue weighted by Crippen LogP contribution is 2.54. The first-order valence-corrected chi connectivity index (χ1v) is 9.05. The van der Waals surface area contributed by atoms with Gasteiger partial charge in [-0.05, 0) is 39.9 Å². The van der Waals surface area contributed by atoms with Crippen LogP contribution < -0.4 is 0 Å². The van der Waals surface area contributed by atoms with Crippen molar-refractivity contribution in [3.8, 4) is 0 Å². The molecule has 2 heterocycles. The van der Waals surface area contributed by atoms with Crippen molar-refractivity contribution >= 4 is 23.6 Å². The van der Waals surface area contributed by atoms with Crippen LogP contribution in [0.15, 0.2) is 30.3 Å². The molecule has 2 fully saturated rings. The van der Waals surface area contributed by atoms with E-state index in [4.69, 9.17) is 0 Å². The minimum absolute atomic E-state index is 0.0464. The number of carboxylic acids is 1. The van der Waals surface area contributed by atoms with E-state index in [0.717, 1.165) is 5.56 Å². The second-order valence-corrected chi connectivity index (χ2v) is 9.12. The predicted octanol–water partition coefficient (Wildman–Crippen LogP) is 1.92. The van der Waals surface area contributed by atoms with Gasteiger partial charge in [0.2, 0.25) is 5.91 Å². The zero-order chi connectivity index (χ0) is 17.6. The van der Waals surface area contributed by atoms with Gasteiger partial charge in [-0.25, -0.2) is 0 Å². The summed E-state index contributed by atoms with van der Waals surface area (Å²) < 4.78 is -0.289. The van der Waals surface area contributed by atoms with Crippen LogP contribution in [0.4, 0.5) is 0 Å². The summed E-state index contributed by atoms with van der Waals surface area (Å²) in [6.07, 6.45) is 0.438. The van der Waals surface area contributed by atoms with Gasteiger partial charge in [-0.15, -0.1) is 11.8 Å². The fourth-order valence-corrected chi connectivity index (χ4v) is 5.84. The third-order valence-electron chi connectivity index (χ3n) is 5.04. The average Bonchev–Trinajstić information content (AvgIpc) is 2.72. The summed E-state index contributed by atoms with van der Waals surface area (Å²) in [5.74, 6) is -1.39. The lowest BCUT2D eigenvalue weighted by Gasteiger charge is -2.48. The smallest absolute Gasteiger partial charge is 0.308 e. The summed E-state index contributed by atoms with van der Waals surface area (Å²) in [5.41, 5.74) is 0.992. The van der Waals surface area contributed by atoms with Crippen molar-refractivity contribution in [2.24, 2.45) is 5.92 Å². The van der Waals surface area contributed by atoms with Gasteiger partial charge in [0.05, 0.1) is 12.0 Å². The number of nitrogens with zero attached hydrogens (tertiary/aromatic N) is 2. The number of carboxylic acid groups (broad SMARTS) is 1. The third-order valence-corrected chi connectivity index (χ3v) is 6.62. The number of amides is 1. The van der Waals surface area contributed by atoms with E-state index >= 15 is 0 Å². The molecule has 2 saturated heterocycles. The molecule has 130 valence electrons. The summed E-state index contributed by atoms with van der Waals surface area (Å²) in [6, 6.07) is 9.21. The number of β-lactam (4-membered cyclic amide) rings is 1.